The molecule has 1 saturated heterocycles. The molecule has 1 aliphatic rings. The topological polar surface area (TPSA) is 52.0 Å². The second-order valence-corrected chi connectivity index (χ2v) is 7.48. The fraction of sp³-hybridized carbons (Fsp3) is 0.381. The molecule has 0 bridgehead atoms. The molecule has 1 amide bonds. The first-order valence-electron chi connectivity index (χ1n) is 9.15. The number of anilines is 1. The lowest BCUT2D eigenvalue weighted by Gasteiger charge is -2.23. The number of amides is 1. The molecular formula is C21H27N2O3S+. The van der Waals surface area contributed by atoms with Crippen molar-refractivity contribution in [2.45, 2.75) is 23.8 Å². The summed E-state index contributed by atoms with van der Waals surface area (Å²) >= 11 is 1.63. The Morgan fingerprint density at radius 1 is 1.22 bits per heavy atom. The molecule has 1 heterocycles. The van der Waals surface area contributed by atoms with Crippen molar-refractivity contribution in [3.8, 4) is 11.5 Å². The highest BCUT2D eigenvalue weighted by molar-refractivity contribution is 7.98. The maximum absolute atomic E-state index is 12.7. The van der Waals surface area contributed by atoms with E-state index in [-0.39, 0.29) is 11.9 Å². The molecule has 6 heteroatoms. The normalized spacial score (nSPS) is 18.9. The molecule has 2 aromatic rings. The summed E-state index contributed by atoms with van der Waals surface area (Å²) in [6, 6.07) is 14.0. The fourth-order valence-corrected chi connectivity index (χ4v) is 4.31. The number of benzene rings is 2. The Bertz CT molecular complexity index is 797. The largest absolute Gasteiger partial charge is 0.497 e. The highest BCUT2D eigenvalue weighted by Gasteiger charge is 2.34. The van der Waals surface area contributed by atoms with E-state index in [0.717, 1.165) is 47.0 Å². The summed E-state index contributed by atoms with van der Waals surface area (Å²) in [7, 11) is 3.35. The average molecular weight is 388 g/mol. The van der Waals surface area contributed by atoms with Gasteiger partial charge in [0.05, 0.1) is 32.0 Å². The number of hydrogen-bond acceptors (Lipinski definition) is 4. The molecule has 0 aliphatic carbocycles. The summed E-state index contributed by atoms with van der Waals surface area (Å²) in [5.74, 6) is 1.71. The van der Waals surface area contributed by atoms with Crippen molar-refractivity contribution in [1.82, 2.24) is 0 Å². The maximum Gasteiger partial charge on any atom is 0.279 e. The summed E-state index contributed by atoms with van der Waals surface area (Å²) in [4.78, 5) is 15.0. The van der Waals surface area contributed by atoms with E-state index >= 15 is 0 Å². The SMILES string of the molecule is COc1ccc(OC)c([C@@H]2CCC[NH+]2CC(=O)Nc2ccccc2SC)c1. The Hall–Kier alpha value is -2.18. The lowest BCUT2D eigenvalue weighted by atomic mass is 10.0. The minimum Gasteiger partial charge on any atom is -0.497 e. The number of quaternary nitrogens is 1. The van der Waals surface area contributed by atoms with Gasteiger partial charge in [-0.1, -0.05) is 12.1 Å². The highest BCUT2D eigenvalue weighted by Crippen LogP contribution is 2.31. The standard InChI is InChI=1S/C21H26N2O3S/c1-25-15-10-11-19(26-2)16(13-15)18-8-6-12-23(18)14-21(24)22-17-7-4-5-9-20(17)27-3/h4-5,7,9-11,13,18H,6,8,12,14H2,1-3H3,(H,22,24)/p+1/t18-/m0/s1. The van der Waals surface area contributed by atoms with Crippen molar-refractivity contribution >= 4 is 23.4 Å². The minimum atomic E-state index is 0.0419. The van der Waals surface area contributed by atoms with Gasteiger partial charge in [-0.3, -0.25) is 4.79 Å². The minimum absolute atomic E-state index is 0.0419. The van der Waals surface area contributed by atoms with E-state index in [1.54, 1.807) is 26.0 Å². The van der Waals surface area contributed by atoms with Crippen LogP contribution in [0.3, 0.4) is 0 Å². The van der Waals surface area contributed by atoms with Gasteiger partial charge >= 0.3 is 0 Å². The molecule has 5 nitrogen and oxygen atoms in total. The number of likely N-dealkylation sites (tertiary alicyclic amines) is 1. The monoisotopic (exact) mass is 387 g/mol. The number of methoxy groups -OCH3 is 2. The summed E-state index contributed by atoms with van der Waals surface area (Å²) in [6.45, 7) is 1.41. The zero-order valence-electron chi connectivity index (χ0n) is 16.1. The highest BCUT2D eigenvalue weighted by atomic mass is 32.2. The second-order valence-electron chi connectivity index (χ2n) is 6.64. The third-order valence-corrected chi connectivity index (χ3v) is 5.86. The zero-order chi connectivity index (χ0) is 19.2. The van der Waals surface area contributed by atoms with E-state index in [9.17, 15) is 4.79 Å². The van der Waals surface area contributed by atoms with Crippen LogP contribution in [0.25, 0.3) is 0 Å². The molecule has 1 fully saturated rings. The molecule has 2 aromatic carbocycles. The van der Waals surface area contributed by atoms with Gasteiger partial charge in [-0.25, -0.2) is 0 Å². The van der Waals surface area contributed by atoms with Crippen molar-refractivity contribution in [3.63, 3.8) is 0 Å². The van der Waals surface area contributed by atoms with Gasteiger partial charge in [0, 0.05) is 17.7 Å². The van der Waals surface area contributed by atoms with Crippen LogP contribution >= 0.6 is 11.8 Å². The van der Waals surface area contributed by atoms with Gasteiger partial charge in [0.25, 0.3) is 5.91 Å². The molecule has 2 N–H and O–H groups in total. The first kappa shape index (κ1) is 19.6. The van der Waals surface area contributed by atoms with Crippen LogP contribution in [0, 0.1) is 0 Å². The van der Waals surface area contributed by atoms with Crippen molar-refractivity contribution < 1.29 is 19.2 Å². The number of para-hydroxylation sites is 1. The predicted octanol–water partition coefficient (Wildman–Crippen LogP) is 2.78. The van der Waals surface area contributed by atoms with Crippen molar-refractivity contribution in [1.29, 1.82) is 0 Å². The van der Waals surface area contributed by atoms with Gasteiger partial charge < -0.3 is 19.7 Å². The van der Waals surface area contributed by atoms with E-state index in [4.69, 9.17) is 9.47 Å². The van der Waals surface area contributed by atoms with E-state index in [2.05, 4.69) is 5.32 Å². The summed E-state index contributed by atoms with van der Waals surface area (Å²) in [6.07, 6.45) is 4.14. The van der Waals surface area contributed by atoms with Gasteiger partial charge in [0.15, 0.2) is 6.54 Å². The van der Waals surface area contributed by atoms with Crippen molar-refractivity contribution in [2.75, 3.05) is 38.9 Å². The molecule has 1 unspecified atom stereocenters. The summed E-state index contributed by atoms with van der Waals surface area (Å²) in [5.41, 5.74) is 1.99. The molecule has 0 radical (unpaired) electrons. The zero-order valence-corrected chi connectivity index (χ0v) is 16.9. The van der Waals surface area contributed by atoms with Crippen LogP contribution in [-0.2, 0) is 4.79 Å². The van der Waals surface area contributed by atoms with Crippen LogP contribution < -0.4 is 19.7 Å². The lowest BCUT2D eigenvalue weighted by molar-refractivity contribution is -0.910. The third-order valence-electron chi connectivity index (χ3n) is 5.06. The van der Waals surface area contributed by atoms with E-state index in [1.165, 1.54) is 4.90 Å². The molecule has 0 aromatic heterocycles. The van der Waals surface area contributed by atoms with E-state index < -0.39 is 0 Å². The number of ether oxygens (including phenoxy) is 2. The Morgan fingerprint density at radius 2 is 2.04 bits per heavy atom. The van der Waals surface area contributed by atoms with Crippen LogP contribution in [0.1, 0.15) is 24.4 Å². The number of hydrogen-bond donors (Lipinski definition) is 2. The van der Waals surface area contributed by atoms with Crippen LogP contribution in [0.15, 0.2) is 47.4 Å². The Kier molecular flexibility index (Phi) is 6.63. The molecule has 2 atom stereocenters. The van der Waals surface area contributed by atoms with Crippen molar-refractivity contribution in [2.24, 2.45) is 0 Å². The number of carbonyl (C=O) groups excluding carboxylic acids is 1. The number of thioether (sulfide) groups is 1. The number of rotatable bonds is 7. The first-order valence-corrected chi connectivity index (χ1v) is 10.4. The Balaban J connectivity index is 1.74. The first-order chi connectivity index (χ1) is 13.2. The molecular weight excluding hydrogens is 360 g/mol. The van der Waals surface area contributed by atoms with Crippen LogP contribution in [-0.4, -0.2) is 39.5 Å². The average Bonchev–Trinajstić information content (AvgIpc) is 3.15. The molecule has 1 aliphatic heterocycles. The Labute approximate surface area is 165 Å². The maximum atomic E-state index is 12.7. The quantitative estimate of drug-likeness (QED) is 0.718. The summed E-state index contributed by atoms with van der Waals surface area (Å²) in [5, 5.41) is 3.07. The molecule has 144 valence electrons. The van der Waals surface area contributed by atoms with Crippen molar-refractivity contribution in [3.05, 3.63) is 48.0 Å². The van der Waals surface area contributed by atoms with Gasteiger partial charge in [0.2, 0.25) is 0 Å². The van der Waals surface area contributed by atoms with Gasteiger partial charge in [-0.05, 0) is 36.6 Å². The van der Waals surface area contributed by atoms with Gasteiger partial charge in [-0.15, -0.1) is 11.8 Å². The predicted molar refractivity (Wildman–Crippen MR) is 109 cm³/mol. The number of carbonyl (C=O) groups is 1. The van der Waals surface area contributed by atoms with Gasteiger partial charge in [0.1, 0.15) is 17.5 Å². The molecule has 27 heavy (non-hydrogen) atoms. The molecule has 0 saturated carbocycles. The summed E-state index contributed by atoms with van der Waals surface area (Å²) < 4.78 is 11.0. The fourth-order valence-electron chi connectivity index (χ4n) is 3.76. The van der Waals surface area contributed by atoms with Gasteiger partial charge in [-0.2, -0.15) is 0 Å². The van der Waals surface area contributed by atoms with Crippen LogP contribution in [0.4, 0.5) is 5.69 Å². The molecule has 3 rings (SSSR count). The number of nitrogens with one attached hydrogen (secondary N) is 2. The lowest BCUT2D eigenvalue weighted by Crippen LogP contribution is -3.11. The molecule has 0 spiro atoms. The van der Waals surface area contributed by atoms with Crippen LogP contribution in [0.5, 0.6) is 11.5 Å². The van der Waals surface area contributed by atoms with E-state index in [0.29, 0.717) is 6.54 Å². The smallest absolute Gasteiger partial charge is 0.279 e. The van der Waals surface area contributed by atoms with Crippen LogP contribution in [0.2, 0.25) is 0 Å². The Morgan fingerprint density at radius 3 is 2.78 bits per heavy atom. The third kappa shape index (κ3) is 4.57. The van der Waals surface area contributed by atoms with E-state index in [1.807, 2.05) is 48.7 Å². The second kappa shape index (κ2) is 9.15.